The van der Waals surface area contributed by atoms with Crippen molar-refractivity contribution in [2.75, 3.05) is 11.9 Å². The molecule has 0 saturated heterocycles. The Labute approximate surface area is 138 Å². The van der Waals surface area contributed by atoms with Gasteiger partial charge in [-0.05, 0) is 18.1 Å². The van der Waals surface area contributed by atoms with Gasteiger partial charge in [-0.15, -0.1) is 0 Å². The van der Waals surface area contributed by atoms with Gasteiger partial charge in [-0.1, -0.05) is 36.4 Å². The monoisotopic (exact) mass is 323 g/mol. The van der Waals surface area contributed by atoms with Crippen LogP contribution in [0.5, 0.6) is 0 Å². The molecule has 6 nitrogen and oxygen atoms in total. The molecule has 0 amide bonds. The highest BCUT2D eigenvalue weighted by atomic mass is 16.6. The fourth-order valence-corrected chi connectivity index (χ4v) is 2.72. The number of benzene rings is 2. The van der Waals surface area contributed by atoms with Crippen molar-refractivity contribution in [2.45, 2.75) is 12.5 Å². The molecule has 1 aromatic heterocycles. The highest BCUT2D eigenvalue weighted by Gasteiger charge is 2.16. The van der Waals surface area contributed by atoms with Crippen LogP contribution in [0.1, 0.15) is 18.0 Å². The maximum Gasteiger partial charge on any atom is 0.272 e. The molecular weight excluding hydrogens is 306 g/mol. The fourth-order valence-electron chi connectivity index (χ4n) is 2.72. The first-order valence-electron chi connectivity index (χ1n) is 7.64. The second-order valence-electron chi connectivity index (χ2n) is 5.45. The van der Waals surface area contributed by atoms with Crippen molar-refractivity contribution >= 4 is 22.3 Å². The first kappa shape index (κ1) is 15.9. The number of nitrogens with zero attached hydrogens (tertiary/aromatic N) is 2. The number of hydrogen-bond donors (Lipinski definition) is 2. The van der Waals surface area contributed by atoms with E-state index in [0.717, 1.165) is 5.56 Å². The number of non-ortho nitro benzene ring substituents is 1. The van der Waals surface area contributed by atoms with E-state index in [4.69, 9.17) is 0 Å². The predicted octanol–water partition coefficient (Wildman–Crippen LogP) is 3.68. The Hall–Kier alpha value is -2.99. The van der Waals surface area contributed by atoms with Crippen LogP contribution in [0.15, 0.2) is 60.8 Å². The number of nitro benzene ring substituents is 1. The summed E-state index contributed by atoms with van der Waals surface area (Å²) in [5, 5.41) is 24.6. The molecule has 0 aliphatic carbocycles. The zero-order chi connectivity index (χ0) is 16.9. The fraction of sp³-hybridized carbons (Fsp3) is 0.167. The lowest BCUT2D eigenvalue weighted by atomic mass is 10.0. The van der Waals surface area contributed by atoms with E-state index in [1.54, 1.807) is 18.3 Å². The molecule has 3 aromatic rings. The van der Waals surface area contributed by atoms with Crippen molar-refractivity contribution in [3.05, 3.63) is 76.5 Å². The Balaban J connectivity index is 2.05. The molecule has 24 heavy (non-hydrogen) atoms. The molecule has 0 spiro atoms. The summed E-state index contributed by atoms with van der Waals surface area (Å²) in [5.41, 5.74) is 2.26. The molecule has 0 fully saturated rings. The molecule has 3 rings (SSSR count). The van der Waals surface area contributed by atoms with Crippen LogP contribution in [0.4, 0.5) is 11.4 Å². The highest BCUT2D eigenvalue weighted by molar-refractivity contribution is 5.92. The topological polar surface area (TPSA) is 88.3 Å². The maximum atomic E-state index is 11.2. The van der Waals surface area contributed by atoms with Gasteiger partial charge in [-0.2, -0.15) is 0 Å². The van der Waals surface area contributed by atoms with E-state index in [1.165, 1.54) is 12.1 Å². The van der Waals surface area contributed by atoms with Crippen LogP contribution < -0.4 is 5.32 Å². The lowest BCUT2D eigenvalue weighted by Gasteiger charge is -2.20. The summed E-state index contributed by atoms with van der Waals surface area (Å²) in [6.45, 7) is 0.00679. The molecule has 2 N–H and O–H groups in total. The van der Waals surface area contributed by atoms with Crippen molar-refractivity contribution in [2.24, 2.45) is 0 Å². The molecule has 1 heterocycles. The third-order valence-corrected chi connectivity index (χ3v) is 3.85. The summed E-state index contributed by atoms with van der Waals surface area (Å²) >= 11 is 0. The summed E-state index contributed by atoms with van der Waals surface area (Å²) in [6.07, 6.45) is 2.14. The quantitative estimate of drug-likeness (QED) is 0.533. The molecule has 1 unspecified atom stereocenters. The summed E-state index contributed by atoms with van der Waals surface area (Å²) < 4.78 is 0. The van der Waals surface area contributed by atoms with Gasteiger partial charge in [0.25, 0.3) is 5.69 Å². The van der Waals surface area contributed by atoms with Crippen LogP contribution in [0.3, 0.4) is 0 Å². The minimum absolute atomic E-state index is 0.00679. The van der Waals surface area contributed by atoms with Crippen molar-refractivity contribution in [1.29, 1.82) is 0 Å². The number of rotatable bonds is 6. The number of fused-ring (bicyclic) bond motifs is 1. The molecule has 0 saturated carbocycles. The normalized spacial score (nSPS) is 12.0. The lowest BCUT2D eigenvalue weighted by Crippen LogP contribution is -2.13. The molecule has 2 aromatic carbocycles. The molecule has 6 heteroatoms. The number of pyridine rings is 1. The van der Waals surface area contributed by atoms with Gasteiger partial charge in [0.15, 0.2) is 0 Å². The van der Waals surface area contributed by atoms with E-state index in [0.29, 0.717) is 23.0 Å². The summed E-state index contributed by atoms with van der Waals surface area (Å²) in [4.78, 5) is 15.1. The molecule has 0 radical (unpaired) electrons. The lowest BCUT2D eigenvalue weighted by molar-refractivity contribution is -0.384. The zero-order valence-corrected chi connectivity index (χ0v) is 12.9. The van der Waals surface area contributed by atoms with E-state index in [-0.39, 0.29) is 18.3 Å². The number of hydrogen-bond acceptors (Lipinski definition) is 5. The molecule has 0 aliphatic heterocycles. The van der Waals surface area contributed by atoms with Crippen molar-refractivity contribution < 1.29 is 10.0 Å². The Kier molecular flexibility index (Phi) is 4.67. The molecule has 122 valence electrons. The van der Waals surface area contributed by atoms with E-state index >= 15 is 0 Å². The first-order chi connectivity index (χ1) is 11.7. The van der Waals surface area contributed by atoms with E-state index in [2.05, 4.69) is 10.3 Å². The minimum atomic E-state index is -0.415. The van der Waals surface area contributed by atoms with Gasteiger partial charge in [0.1, 0.15) is 0 Å². The zero-order valence-electron chi connectivity index (χ0n) is 12.9. The summed E-state index contributed by atoms with van der Waals surface area (Å²) in [6, 6.07) is 16.1. The average Bonchev–Trinajstić information content (AvgIpc) is 2.62. The minimum Gasteiger partial charge on any atom is -0.396 e. The number of nitrogens with one attached hydrogen (secondary N) is 1. The standard InChI is InChI=1S/C18H17N3O3/c22-10-8-16(13-5-2-1-3-6-13)20-17-12-15(21(23)24)11-14-7-4-9-19-18(14)17/h1-7,9,11-12,16,20,22H,8,10H2. The third-order valence-electron chi connectivity index (χ3n) is 3.85. The average molecular weight is 323 g/mol. The van der Waals surface area contributed by atoms with Crippen LogP contribution in [-0.4, -0.2) is 21.6 Å². The molecule has 0 aliphatic rings. The summed E-state index contributed by atoms with van der Waals surface area (Å²) in [5.74, 6) is 0. The number of aliphatic hydroxyl groups excluding tert-OH is 1. The van der Waals surface area contributed by atoms with Gasteiger partial charge in [-0.25, -0.2) is 0 Å². The van der Waals surface area contributed by atoms with Crippen molar-refractivity contribution in [3.63, 3.8) is 0 Å². The third kappa shape index (κ3) is 3.33. The number of aromatic nitrogens is 1. The van der Waals surface area contributed by atoms with Crippen LogP contribution in [0.2, 0.25) is 0 Å². The highest BCUT2D eigenvalue weighted by Crippen LogP contribution is 2.31. The Bertz CT molecular complexity index is 853. The SMILES string of the molecule is O=[N+]([O-])c1cc(NC(CCO)c2ccccc2)c2ncccc2c1. The number of aliphatic hydroxyl groups is 1. The van der Waals surface area contributed by atoms with Crippen LogP contribution in [0, 0.1) is 10.1 Å². The summed E-state index contributed by atoms with van der Waals surface area (Å²) in [7, 11) is 0. The first-order valence-corrected chi connectivity index (χ1v) is 7.64. The Morgan fingerprint density at radius 2 is 1.96 bits per heavy atom. The van der Waals surface area contributed by atoms with Crippen LogP contribution >= 0.6 is 0 Å². The van der Waals surface area contributed by atoms with Crippen LogP contribution in [0.25, 0.3) is 10.9 Å². The van der Waals surface area contributed by atoms with Gasteiger partial charge >= 0.3 is 0 Å². The van der Waals surface area contributed by atoms with Gasteiger partial charge in [0.2, 0.25) is 0 Å². The van der Waals surface area contributed by atoms with E-state index < -0.39 is 4.92 Å². The van der Waals surface area contributed by atoms with E-state index in [9.17, 15) is 15.2 Å². The predicted molar refractivity (Wildman–Crippen MR) is 92.9 cm³/mol. The largest absolute Gasteiger partial charge is 0.396 e. The van der Waals surface area contributed by atoms with Crippen LogP contribution in [-0.2, 0) is 0 Å². The van der Waals surface area contributed by atoms with E-state index in [1.807, 2.05) is 30.3 Å². The maximum absolute atomic E-state index is 11.2. The van der Waals surface area contributed by atoms with Gasteiger partial charge in [-0.3, -0.25) is 15.1 Å². The molecule has 1 atom stereocenters. The smallest absolute Gasteiger partial charge is 0.272 e. The van der Waals surface area contributed by atoms with Gasteiger partial charge in [0.05, 0.1) is 22.2 Å². The second-order valence-corrected chi connectivity index (χ2v) is 5.45. The number of nitro groups is 1. The van der Waals surface area contributed by atoms with Gasteiger partial charge < -0.3 is 10.4 Å². The molecular formula is C18H17N3O3. The second kappa shape index (κ2) is 7.06. The number of anilines is 1. The Morgan fingerprint density at radius 1 is 1.17 bits per heavy atom. The van der Waals surface area contributed by atoms with Crippen molar-refractivity contribution in [1.82, 2.24) is 4.98 Å². The van der Waals surface area contributed by atoms with Crippen molar-refractivity contribution in [3.8, 4) is 0 Å². The molecule has 0 bridgehead atoms. The Morgan fingerprint density at radius 3 is 2.67 bits per heavy atom. The van der Waals surface area contributed by atoms with Gasteiger partial charge in [0, 0.05) is 30.3 Å².